The first kappa shape index (κ1) is 16.7. The molecule has 1 unspecified atom stereocenters. The van der Waals surface area contributed by atoms with Gasteiger partial charge >= 0.3 is 0 Å². The Labute approximate surface area is 147 Å². The molecule has 0 saturated carbocycles. The zero-order valence-corrected chi connectivity index (χ0v) is 14.3. The molecule has 3 aromatic rings. The predicted molar refractivity (Wildman–Crippen MR) is 101 cm³/mol. The topological polar surface area (TPSA) is 50.7 Å². The third-order valence-electron chi connectivity index (χ3n) is 3.83. The normalized spacial score (nSPS) is 12.2. The van der Waals surface area contributed by atoms with Gasteiger partial charge in [0.2, 0.25) is 0 Å². The van der Waals surface area contributed by atoms with Gasteiger partial charge in [0.15, 0.2) is 6.10 Å². The van der Waals surface area contributed by atoms with E-state index in [-0.39, 0.29) is 5.91 Å². The van der Waals surface area contributed by atoms with Crippen molar-refractivity contribution < 1.29 is 9.53 Å². The van der Waals surface area contributed by atoms with Crippen molar-refractivity contribution in [3.8, 4) is 5.75 Å². The maximum absolute atomic E-state index is 12.1. The SMILES string of the molecule is Cc1cccc(C=NNC(=O)C(C)Oc2ccc3ccccc3c2)c1. The van der Waals surface area contributed by atoms with Crippen LogP contribution in [-0.4, -0.2) is 18.2 Å². The van der Waals surface area contributed by atoms with Crippen molar-refractivity contribution >= 4 is 22.9 Å². The average molecular weight is 332 g/mol. The van der Waals surface area contributed by atoms with Crippen LogP contribution in [0.3, 0.4) is 0 Å². The van der Waals surface area contributed by atoms with E-state index in [0.717, 1.165) is 21.9 Å². The zero-order valence-electron chi connectivity index (χ0n) is 14.3. The van der Waals surface area contributed by atoms with Gasteiger partial charge in [-0.15, -0.1) is 0 Å². The fourth-order valence-corrected chi connectivity index (χ4v) is 2.51. The summed E-state index contributed by atoms with van der Waals surface area (Å²) in [6.07, 6.45) is 0.976. The Morgan fingerprint density at radius 1 is 1.04 bits per heavy atom. The van der Waals surface area contributed by atoms with Crippen molar-refractivity contribution in [2.45, 2.75) is 20.0 Å². The van der Waals surface area contributed by atoms with Crippen LogP contribution in [0.1, 0.15) is 18.1 Å². The van der Waals surface area contributed by atoms with Crippen LogP contribution in [0, 0.1) is 6.92 Å². The van der Waals surface area contributed by atoms with E-state index in [1.807, 2.05) is 73.7 Å². The summed E-state index contributed by atoms with van der Waals surface area (Å²) in [6, 6.07) is 21.7. The smallest absolute Gasteiger partial charge is 0.280 e. The molecule has 0 fully saturated rings. The van der Waals surface area contributed by atoms with Crippen LogP contribution < -0.4 is 10.2 Å². The maximum Gasteiger partial charge on any atom is 0.280 e. The molecule has 0 bridgehead atoms. The lowest BCUT2D eigenvalue weighted by Gasteiger charge is -2.13. The predicted octanol–water partition coefficient (Wildman–Crippen LogP) is 4.07. The Bertz CT molecular complexity index is 918. The summed E-state index contributed by atoms with van der Waals surface area (Å²) in [6.45, 7) is 3.71. The van der Waals surface area contributed by atoms with E-state index in [2.05, 4.69) is 10.5 Å². The molecule has 0 radical (unpaired) electrons. The molecule has 3 rings (SSSR count). The molecule has 0 spiro atoms. The standard InChI is InChI=1S/C21H20N2O2/c1-15-6-5-7-17(12-15)14-22-23-21(24)16(2)25-20-11-10-18-8-3-4-9-19(18)13-20/h3-14,16H,1-2H3,(H,23,24). The van der Waals surface area contributed by atoms with Crippen LogP contribution >= 0.6 is 0 Å². The fraction of sp³-hybridized carbons (Fsp3) is 0.143. The minimum absolute atomic E-state index is 0.294. The molecule has 4 heteroatoms. The van der Waals surface area contributed by atoms with Crippen molar-refractivity contribution in [1.29, 1.82) is 0 Å². The first-order valence-corrected chi connectivity index (χ1v) is 8.17. The van der Waals surface area contributed by atoms with E-state index >= 15 is 0 Å². The summed E-state index contributed by atoms with van der Waals surface area (Å²) in [5.41, 5.74) is 4.59. The molecule has 0 saturated heterocycles. The highest BCUT2D eigenvalue weighted by atomic mass is 16.5. The van der Waals surface area contributed by atoms with Crippen LogP contribution in [0.5, 0.6) is 5.75 Å². The molecule has 0 heterocycles. The first-order chi connectivity index (χ1) is 12.1. The van der Waals surface area contributed by atoms with E-state index in [0.29, 0.717) is 5.75 Å². The van der Waals surface area contributed by atoms with E-state index in [1.165, 1.54) is 0 Å². The molecule has 0 aliphatic carbocycles. The second-order valence-corrected chi connectivity index (χ2v) is 5.92. The molecule has 126 valence electrons. The number of benzene rings is 3. The third kappa shape index (κ3) is 4.44. The van der Waals surface area contributed by atoms with Gasteiger partial charge in [-0.3, -0.25) is 4.79 Å². The van der Waals surface area contributed by atoms with Crippen molar-refractivity contribution in [3.63, 3.8) is 0 Å². The number of hydrogen-bond donors (Lipinski definition) is 1. The Hall–Kier alpha value is -3.14. The molecule has 1 atom stereocenters. The highest BCUT2D eigenvalue weighted by Gasteiger charge is 2.14. The number of rotatable bonds is 5. The number of amides is 1. The second-order valence-electron chi connectivity index (χ2n) is 5.92. The Kier molecular flexibility index (Phi) is 5.09. The third-order valence-corrected chi connectivity index (χ3v) is 3.83. The van der Waals surface area contributed by atoms with Crippen LogP contribution in [0.15, 0.2) is 71.8 Å². The highest BCUT2D eigenvalue weighted by Crippen LogP contribution is 2.21. The number of hydrazone groups is 1. The Morgan fingerprint density at radius 2 is 1.84 bits per heavy atom. The fourth-order valence-electron chi connectivity index (χ4n) is 2.51. The van der Waals surface area contributed by atoms with Gasteiger partial charge in [-0.25, -0.2) is 5.43 Å². The number of carbonyl (C=O) groups excluding carboxylic acids is 1. The van der Waals surface area contributed by atoms with Gasteiger partial charge in [0.25, 0.3) is 5.91 Å². The number of nitrogens with one attached hydrogen (secondary N) is 1. The van der Waals surface area contributed by atoms with Crippen molar-refractivity contribution in [2.75, 3.05) is 0 Å². The number of ether oxygens (including phenoxy) is 1. The highest BCUT2D eigenvalue weighted by molar-refractivity contribution is 5.85. The summed E-state index contributed by atoms with van der Waals surface area (Å²) in [5, 5.41) is 6.20. The van der Waals surface area contributed by atoms with Crippen LogP contribution in [0.4, 0.5) is 0 Å². The van der Waals surface area contributed by atoms with E-state index in [1.54, 1.807) is 13.1 Å². The van der Waals surface area contributed by atoms with Gasteiger partial charge in [0.1, 0.15) is 5.75 Å². The molecule has 4 nitrogen and oxygen atoms in total. The summed E-state index contributed by atoms with van der Waals surface area (Å²) in [5.74, 6) is 0.362. The van der Waals surface area contributed by atoms with Gasteiger partial charge in [-0.05, 0) is 42.3 Å². The molecule has 1 amide bonds. The molecule has 3 aromatic carbocycles. The lowest BCUT2D eigenvalue weighted by molar-refractivity contribution is -0.127. The van der Waals surface area contributed by atoms with Gasteiger partial charge < -0.3 is 4.74 Å². The maximum atomic E-state index is 12.1. The van der Waals surface area contributed by atoms with Crippen LogP contribution in [0.25, 0.3) is 10.8 Å². The lowest BCUT2D eigenvalue weighted by atomic mass is 10.1. The summed E-state index contributed by atoms with van der Waals surface area (Å²) in [7, 11) is 0. The lowest BCUT2D eigenvalue weighted by Crippen LogP contribution is -2.33. The molecular weight excluding hydrogens is 312 g/mol. The summed E-state index contributed by atoms with van der Waals surface area (Å²) in [4.78, 5) is 12.1. The quantitative estimate of drug-likeness (QED) is 0.566. The van der Waals surface area contributed by atoms with Crippen LogP contribution in [0.2, 0.25) is 0 Å². The van der Waals surface area contributed by atoms with Gasteiger partial charge in [-0.2, -0.15) is 5.10 Å². The number of aryl methyl sites for hydroxylation is 1. The number of nitrogens with zero attached hydrogens (tertiary/aromatic N) is 1. The van der Waals surface area contributed by atoms with Crippen molar-refractivity contribution in [3.05, 3.63) is 77.9 Å². The molecule has 0 aliphatic rings. The second kappa shape index (κ2) is 7.62. The average Bonchev–Trinajstić information content (AvgIpc) is 2.61. The van der Waals surface area contributed by atoms with E-state index in [9.17, 15) is 4.79 Å². The van der Waals surface area contributed by atoms with Crippen molar-refractivity contribution in [1.82, 2.24) is 5.43 Å². The van der Waals surface area contributed by atoms with Crippen molar-refractivity contribution in [2.24, 2.45) is 5.10 Å². The number of hydrogen-bond acceptors (Lipinski definition) is 3. The van der Waals surface area contributed by atoms with Gasteiger partial charge in [-0.1, -0.05) is 60.2 Å². The number of fused-ring (bicyclic) bond motifs is 1. The Balaban J connectivity index is 1.59. The van der Waals surface area contributed by atoms with Gasteiger partial charge in [0, 0.05) is 0 Å². The largest absolute Gasteiger partial charge is 0.481 e. The molecular formula is C21H20N2O2. The molecule has 1 N–H and O–H groups in total. The van der Waals surface area contributed by atoms with E-state index in [4.69, 9.17) is 4.74 Å². The zero-order chi connectivity index (χ0) is 17.6. The summed E-state index contributed by atoms with van der Waals surface area (Å²) < 4.78 is 5.72. The molecule has 0 aliphatic heterocycles. The van der Waals surface area contributed by atoms with Crippen LogP contribution in [-0.2, 0) is 4.79 Å². The Morgan fingerprint density at radius 3 is 2.64 bits per heavy atom. The van der Waals surface area contributed by atoms with Gasteiger partial charge in [0.05, 0.1) is 6.21 Å². The number of carbonyl (C=O) groups is 1. The first-order valence-electron chi connectivity index (χ1n) is 8.17. The molecule has 25 heavy (non-hydrogen) atoms. The minimum atomic E-state index is -0.643. The molecule has 0 aromatic heterocycles. The monoisotopic (exact) mass is 332 g/mol. The summed E-state index contributed by atoms with van der Waals surface area (Å²) >= 11 is 0. The minimum Gasteiger partial charge on any atom is -0.481 e. The van der Waals surface area contributed by atoms with E-state index < -0.39 is 6.10 Å².